The smallest absolute Gasteiger partial charge is 0.164 e. The summed E-state index contributed by atoms with van der Waals surface area (Å²) < 4.78 is 2.39. The molecule has 0 bridgehead atoms. The van der Waals surface area contributed by atoms with Crippen molar-refractivity contribution in [1.82, 2.24) is 19.5 Å². The maximum atomic E-state index is 5.05. The molecule has 0 amide bonds. The average molecular weight is 727 g/mol. The average Bonchev–Trinajstić information content (AvgIpc) is 3.65. The third-order valence-corrected chi connectivity index (χ3v) is 11.1. The highest BCUT2D eigenvalue weighted by atomic mass is 15.0. The fourth-order valence-corrected chi connectivity index (χ4v) is 8.16. The largest absolute Gasteiger partial charge is 0.309 e. The summed E-state index contributed by atoms with van der Waals surface area (Å²) in [6.45, 7) is 0. The number of hydrogen-bond donors (Lipinski definition) is 0. The van der Waals surface area contributed by atoms with Gasteiger partial charge in [-0.25, -0.2) is 15.0 Å². The second kappa shape index (κ2) is 13.6. The van der Waals surface area contributed by atoms with Crippen LogP contribution >= 0.6 is 0 Å². The Bertz CT molecular complexity index is 3000. The minimum absolute atomic E-state index is 0.633. The Kier molecular flexibility index (Phi) is 7.78. The van der Waals surface area contributed by atoms with Gasteiger partial charge in [-0.15, -0.1) is 0 Å². The van der Waals surface area contributed by atoms with Crippen LogP contribution in [0.5, 0.6) is 0 Å². The zero-order chi connectivity index (χ0) is 37.7. The Balaban J connectivity index is 0.940. The Morgan fingerprint density at radius 2 is 0.561 bits per heavy atom. The van der Waals surface area contributed by atoms with E-state index in [4.69, 9.17) is 15.0 Å². The molecule has 266 valence electrons. The van der Waals surface area contributed by atoms with E-state index in [0.29, 0.717) is 17.5 Å². The first-order valence-corrected chi connectivity index (χ1v) is 19.3. The molecular weight excluding hydrogens is 693 g/mol. The second-order valence-corrected chi connectivity index (χ2v) is 14.5. The predicted molar refractivity (Wildman–Crippen MR) is 235 cm³/mol. The highest BCUT2D eigenvalue weighted by molar-refractivity contribution is 6.24. The lowest BCUT2D eigenvalue weighted by atomic mass is 10.0. The number of hydrogen-bond acceptors (Lipinski definition) is 3. The van der Waals surface area contributed by atoms with E-state index in [2.05, 4.69) is 199 Å². The molecule has 0 aliphatic carbocycles. The topological polar surface area (TPSA) is 43.6 Å². The van der Waals surface area contributed by atoms with Crippen LogP contribution in [0.1, 0.15) is 0 Å². The number of benzene rings is 9. The van der Waals surface area contributed by atoms with E-state index in [1.54, 1.807) is 0 Å². The Hall–Kier alpha value is -7.69. The summed E-state index contributed by atoms with van der Waals surface area (Å²) in [5.41, 5.74) is 13.3. The Morgan fingerprint density at radius 1 is 0.246 bits per heavy atom. The summed E-state index contributed by atoms with van der Waals surface area (Å²) in [6, 6.07) is 72.8. The van der Waals surface area contributed by atoms with Gasteiger partial charge in [-0.2, -0.15) is 0 Å². The van der Waals surface area contributed by atoms with Crippen LogP contribution in [-0.4, -0.2) is 19.5 Å². The predicted octanol–water partition coefficient (Wildman–Crippen LogP) is 13.6. The van der Waals surface area contributed by atoms with E-state index in [1.165, 1.54) is 43.7 Å². The molecule has 0 fully saturated rings. The van der Waals surface area contributed by atoms with Gasteiger partial charge in [0.15, 0.2) is 17.5 Å². The summed E-state index contributed by atoms with van der Waals surface area (Å²) in [6.07, 6.45) is 0. The van der Waals surface area contributed by atoms with Crippen LogP contribution in [0.2, 0.25) is 0 Å². The molecule has 0 spiro atoms. The van der Waals surface area contributed by atoms with Crippen molar-refractivity contribution in [2.45, 2.75) is 0 Å². The molecule has 0 saturated carbocycles. The molecule has 0 unspecified atom stereocenters. The van der Waals surface area contributed by atoms with Gasteiger partial charge in [0.05, 0.1) is 11.0 Å². The van der Waals surface area contributed by atoms with Crippen molar-refractivity contribution in [3.05, 3.63) is 206 Å². The normalized spacial score (nSPS) is 11.5. The number of rotatable bonds is 7. The van der Waals surface area contributed by atoms with Gasteiger partial charge in [0.1, 0.15) is 0 Å². The van der Waals surface area contributed by atoms with E-state index in [9.17, 15) is 0 Å². The van der Waals surface area contributed by atoms with Crippen LogP contribution < -0.4 is 0 Å². The Labute approximate surface area is 330 Å². The molecule has 0 N–H and O–H groups in total. The first-order valence-electron chi connectivity index (χ1n) is 19.3. The first kappa shape index (κ1) is 32.7. The van der Waals surface area contributed by atoms with Crippen LogP contribution in [0.3, 0.4) is 0 Å². The van der Waals surface area contributed by atoms with E-state index in [0.717, 1.165) is 44.6 Å². The van der Waals surface area contributed by atoms with Crippen molar-refractivity contribution in [1.29, 1.82) is 0 Å². The van der Waals surface area contributed by atoms with Crippen molar-refractivity contribution in [2.75, 3.05) is 0 Å². The van der Waals surface area contributed by atoms with Gasteiger partial charge in [0, 0.05) is 33.2 Å². The molecular formula is C53H34N4. The van der Waals surface area contributed by atoms with Crippen molar-refractivity contribution < 1.29 is 0 Å². The van der Waals surface area contributed by atoms with Crippen molar-refractivity contribution in [3.63, 3.8) is 0 Å². The molecule has 4 nitrogen and oxygen atoms in total. The van der Waals surface area contributed by atoms with Gasteiger partial charge in [-0.3, -0.25) is 0 Å². The molecule has 2 heterocycles. The second-order valence-electron chi connectivity index (χ2n) is 14.5. The van der Waals surface area contributed by atoms with E-state index >= 15 is 0 Å². The third kappa shape index (κ3) is 5.83. The van der Waals surface area contributed by atoms with Crippen molar-refractivity contribution in [3.8, 4) is 73.2 Å². The lowest BCUT2D eigenvalue weighted by Crippen LogP contribution is -2.00. The minimum Gasteiger partial charge on any atom is -0.309 e. The van der Waals surface area contributed by atoms with E-state index in [1.807, 2.05) is 12.1 Å². The number of nitrogens with zero attached hydrogens (tertiary/aromatic N) is 4. The summed E-state index contributed by atoms with van der Waals surface area (Å²) in [7, 11) is 0. The molecule has 0 radical (unpaired) electrons. The van der Waals surface area contributed by atoms with Crippen molar-refractivity contribution in [2.24, 2.45) is 0 Å². The zero-order valence-corrected chi connectivity index (χ0v) is 30.9. The Morgan fingerprint density at radius 3 is 0.930 bits per heavy atom. The van der Waals surface area contributed by atoms with E-state index in [-0.39, 0.29) is 0 Å². The van der Waals surface area contributed by atoms with Gasteiger partial charge in [-0.1, -0.05) is 182 Å². The lowest BCUT2D eigenvalue weighted by Gasteiger charge is -2.11. The molecule has 4 heteroatoms. The maximum absolute atomic E-state index is 5.05. The molecule has 11 aromatic rings. The van der Waals surface area contributed by atoms with Gasteiger partial charge in [-0.05, 0) is 68.4 Å². The van der Waals surface area contributed by atoms with Gasteiger partial charge >= 0.3 is 0 Å². The molecule has 2 aromatic heterocycles. The molecule has 11 rings (SSSR count). The highest BCUT2D eigenvalue weighted by Gasteiger charge is 2.17. The van der Waals surface area contributed by atoms with Crippen LogP contribution in [-0.2, 0) is 0 Å². The fourth-order valence-electron chi connectivity index (χ4n) is 8.16. The van der Waals surface area contributed by atoms with Crippen molar-refractivity contribution >= 4 is 32.6 Å². The summed E-state index contributed by atoms with van der Waals surface area (Å²) in [5.74, 6) is 1.90. The summed E-state index contributed by atoms with van der Waals surface area (Å²) in [4.78, 5) is 15.1. The van der Waals surface area contributed by atoms with Crippen LogP contribution in [0.15, 0.2) is 206 Å². The standard InChI is InChI=1S/C53H34N4/c1-3-9-35(10-4-1)37-17-25-43(26-18-37)51-54-52(44-27-19-38(20-28-44)36-11-5-2-6-12-36)56-53(55-51)45-29-21-39(22-30-45)40-31-33-46(34-32-40)57-47-15-7-13-41-23-24-42-14-8-16-48(57)50(42)49(41)47/h1-34H. The molecule has 0 aliphatic heterocycles. The molecule has 0 atom stereocenters. The van der Waals surface area contributed by atoms with Gasteiger partial charge in [0.2, 0.25) is 0 Å². The third-order valence-electron chi connectivity index (χ3n) is 11.1. The molecule has 0 saturated heterocycles. The SMILES string of the molecule is c1ccc(-c2ccc(-c3nc(-c4ccc(-c5ccccc5)cc4)nc(-c4ccc(-c5ccc(-n6c7cccc8ccc9cccc6c9c87)cc5)cc4)n3)cc2)cc1. The monoisotopic (exact) mass is 726 g/mol. The van der Waals surface area contributed by atoms with Gasteiger partial charge < -0.3 is 4.57 Å². The molecule has 0 aliphatic rings. The highest BCUT2D eigenvalue weighted by Crippen LogP contribution is 2.39. The zero-order valence-electron chi connectivity index (χ0n) is 30.9. The quantitative estimate of drug-likeness (QED) is 0.154. The minimum atomic E-state index is 0.633. The molecule has 57 heavy (non-hydrogen) atoms. The lowest BCUT2D eigenvalue weighted by molar-refractivity contribution is 1.07. The summed E-state index contributed by atoms with van der Waals surface area (Å²) in [5, 5.41) is 5.18. The van der Waals surface area contributed by atoms with Crippen LogP contribution in [0, 0.1) is 0 Å². The summed E-state index contributed by atoms with van der Waals surface area (Å²) >= 11 is 0. The fraction of sp³-hybridized carbons (Fsp3) is 0. The molecule has 9 aromatic carbocycles. The van der Waals surface area contributed by atoms with Gasteiger partial charge in [0.25, 0.3) is 0 Å². The van der Waals surface area contributed by atoms with Crippen LogP contribution in [0.25, 0.3) is 106 Å². The van der Waals surface area contributed by atoms with Crippen LogP contribution in [0.4, 0.5) is 0 Å². The number of aromatic nitrogens is 4. The van der Waals surface area contributed by atoms with E-state index < -0.39 is 0 Å². The maximum Gasteiger partial charge on any atom is 0.164 e. The first-order chi connectivity index (χ1) is 28.2.